The summed E-state index contributed by atoms with van der Waals surface area (Å²) in [5.74, 6) is 1.24. The van der Waals surface area contributed by atoms with Gasteiger partial charge in [0, 0.05) is 28.2 Å². The van der Waals surface area contributed by atoms with E-state index in [9.17, 15) is 0 Å². The summed E-state index contributed by atoms with van der Waals surface area (Å²) >= 11 is 0. The molecule has 1 aliphatic carbocycles. The van der Waals surface area contributed by atoms with Crippen LogP contribution >= 0.6 is 0 Å². The van der Waals surface area contributed by atoms with Crippen LogP contribution in [0.4, 0.5) is 5.69 Å². The minimum Gasteiger partial charge on any atom is -0.357 e. The molecule has 0 fully saturated rings. The van der Waals surface area contributed by atoms with Crippen molar-refractivity contribution < 1.29 is 21.1 Å². The number of aliphatic imine (C=N–C) groups is 1. The summed E-state index contributed by atoms with van der Waals surface area (Å²) in [4.78, 5) is 13.7. The summed E-state index contributed by atoms with van der Waals surface area (Å²) < 4.78 is 4.70. The van der Waals surface area contributed by atoms with Crippen molar-refractivity contribution >= 4 is 55.3 Å². The van der Waals surface area contributed by atoms with Gasteiger partial charge < -0.3 is 19.0 Å². The Labute approximate surface area is 411 Å². The number of hydrogen-bond donors (Lipinski definition) is 0. The van der Waals surface area contributed by atoms with Crippen LogP contribution in [0.1, 0.15) is 121 Å². The van der Waals surface area contributed by atoms with E-state index >= 15 is 0 Å². The summed E-state index contributed by atoms with van der Waals surface area (Å²) in [5, 5.41) is 4.70. The fourth-order valence-electron chi connectivity index (χ4n) is 11.5. The van der Waals surface area contributed by atoms with Crippen molar-refractivity contribution in [2.24, 2.45) is 4.99 Å². The van der Waals surface area contributed by atoms with Crippen molar-refractivity contribution in [3.8, 4) is 11.4 Å². The molecule has 9 aromatic rings. The van der Waals surface area contributed by atoms with Gasteiger partial charge in [0.2, 0.25) is 0 Å². The van der Waals surface area contributed by atoms with Gasteiger partial charge in [0.25, 0.3) is 0 Å². The SMILES string of the molecule is Cc1ccc2c(c1)c1ccc(-n3c4ccc(C(C)(C)C)cc4c4cccnc43)[c-]c1n2-c1[c-]c(C2=N[C@]3(C)c4ccc(C)c(C)c4C[C@]3(C)N2c2c(C)c(C)cc(C)c2C)cc(C(C)C)c1.[Pt+2]. The predicted molar refractivity (Wildman–Crippen MR) is 278 cm³/mol. The van der Waals surface area contributed by atoms with Crippen molar-refractivity contribution in [3.63, 3.8) is 0 Å². The number of rotatable bonds is 5. The van der Waals surface area contributed by atoms with E-state index < -0.39 is 5.54 Å². The Morgan fingerprint density at radius 1 is 0.657 bits per heavy atom. The molecule has 6 heteroatoms. The third kappa shape index (κ3) is 6.43. The van der Waals surface area contributed by atoms with E-state index in [1.165, 1.54) is 77.7 Å². The van der Waals surface area contributed by atoms with Crippen LogP contribution in [0.3, 0.4) is 0 Å². The molecule has 11 rings (SSSR count). The second kappa shape index (κ2) is 15.4. The zero-order chi connectivity index (χ0) is 46.5. The predicted octanol–water partition coefficient (Wildman–Crippen LogP) is 15.0. The quantitative estimate of drug-likeness (QED) is 0.161. The molecule has 0 amide bonds. The first-order valence-corrected chi connectivity index (χ1v) is 23.8. The Kier molecular flexibility index (Phi) is 10.3. The third-order valence-electron chi connectivity index (χ3n) is 16.0. The summed E-state index contributed by atoms with van der Waals surface area (Å²) in [5.41, 5.74) is 22.0. The van der Waals surface area contributed by atoms with Crippen molar-refractivity contribution in [2.45, 2.75) is 126 Å². The van der Waals surface area contributed by atoms with Gasteiger partial charge in [0.05, 0.1) is 22.4 Å². The minimum absolute atomic E-state index is 0. The Morgan fingerprint density at radius 3 is 2.07 bits per heavy atom. The summed E-state index contributed by atoms with van der Waals surface area (Å²) in [7, 11) is 0. The summed E-state index contributed by atoms with van der Waals surface area (Å²) in [6.45, 7) is 32.1. The maximum Gasteiger partial charge on any atom is 2.00 e. The number of aromatic nitrogens is 3. The van der Waals surface area contributed by atoms with Gasteiger partial charge in [-0.25, -0.2) is 4.98 Å². The molecule has 0 saturated carbocycles. The summed E-state index contributed by atoms with van der Waals surface area (Å²) in [6, 6.07) is 42.3. The molecule has 5 nitrogen and oxygen atoms in total. The minimum atomic E-state index is -0.495. The van der Waals surface area contributed by atoms with E-state index in [2.05, 4.69) is 208 Å². The molecule has 1 aliphatic heterocycles. The molecule has 340 valence electrons. The summed E-state index contributed by atoms with van der Waals surface area (Å²) in [6.07, 6.45) is 2.81. The number of fused-ring (bicyclic) bond motifs is 9. The smallest absolute Gasteiger partial charge is 0.357 e. The first kappa shape index (κ1) is 45.0. The number of nitrogens with zero attached hydrogens (tertiary/aromatic N) is 5. The molecular formula is C61H61N5Pt. The maximum absolute atomic E-state index is 6.01. The fourth-order valence-corrected chi connectivity index (χ4v) is 11.5. The number of hydrogen-bond acceptors (Lipinski definition) is 3. The van der Waals surface area contributed by atoms with Gasteiger partial charge in [-0.3, -0.25) is 0 Å². The monoisotopic (exact) mass is 1060 g/mol. The van der Waals surface area contributed by atoms with Gasteiger partial charge in [-0.2, -0.15) is 6.07 Å². The average Bonchev–Trinajstić information content (AvgIpc) is 3.93. The van der Waals surface area contributed by atoms with E-state index in [4.69, 9.17) is 9.98 Å². The van der Waals surface area contributed by atoms with E-state index in [0.717, 1.165) is 62.2 Å². The molecule has 67 heavy (non-hydrogen) atoms. The van der Waals surface area contributed by atoms with Crippen LogP contribution in [0, 0.1) is 60.6 Å². The fraction of sp³-hybridized carbons (Fsp3) is 0.311. The van der Waals surface area contributed by atoms with Gasteiger partial charge in [-0.05, 0) is 172 Å². The number of amidine groups is 1. The molecule has 0 bridgehead atoms. The molecule has 0 N–H and O–H groups in total. The Balaban J connectivity index is 0.00000525. The molecule has 0 unspecified atom stereocenters. The van der Waals surface area contributed by atoms with Crippen LogP contribution in [0.2, 0.25) is 0 Å². The molecule has 6 aromatic carbocycles. The molecule has 2 aliphatic rings. The Hall–Kier alpha value is -5.77. The van der Waals surface area contributed by atoms with Gasteiger partial charge in [0.15, 0.2) is 0 Å². The number of anilines is 1. The van der Waals surface area contributed by atoms with Crippen molar-refractivity contribution in [2.75, 3.05) is 4.90 Å². The number of aryl methyl sites for hydroxylation is 4. The van der Waals surface area contributed by atoms with Crippen LogP contribution in [0.5, 0.6) is 0 Å². The largest absolute Gasteiger partial charge is 2.00 e. The zero-order valence-electron chi connectivity index (χ0n) is 41.6. The van der Waals surface area contributed by atoms with Crippen LogP contribution in [0.15, 0.2) is 102 Å². The zero-order valence-corrected chi connectivity index (χ0v) is 43.8. The molecular weight excluding hydrogens is 998 g/mol. The molecule has 0 spiro atoms. The maximum atomic E-state index is 6.01. The topological polar surface area (TPSA) is 38.4 Å². The van der Waals surface area contributed by atoms with Crippen molar-refractivity contribution in [1.29, 1.82) is 0 Å². The second-order valence-corrected chi connectivity index (χ2v) is 21.5. The first-order chi connectivity index (χ1) is 31.3. The van der Waals surface area contributed by atoms with E-state index in [1.54, 1.807) is 0 Å². The Morgan fingerprint density at radius 2 is 1.36 bits per heavy atom. The van der Waals surface area contributed by atoms with E-state index in [0.29, 0.717) is 0 Å². The van der Waals surface area contributed by atoms with Crippen LogP contribution in [-0.2, 0) is 38.4 Å². The number of pyridine rings is 1. The van der Waals surface area contributed by atoms with Crippen LogP contribution in [-0.4, -0.2) is 25.5 Å². The van der Waals surface area contributed by atoms with Gasteiger partial charge in [-0.1, -0.05) is 87.8 Å². The number of benzene rings is 6. The third-order valence-corrected chi connectivity index (χ3v) is 16.0. The van der Waals surface area contributed by atoms with Gasteiger partial charge in [0.1, 0.15) is 5.65 Å². The van der Waals surface area contributed by atoms with E-state index in [-0.39, 0.29) is 37.9 Å². The first-order valence-electron chi connectivity index (χ1n) is 23.8. The molecule has 0 saturated heterocycles. The molecule has 3 aromatic heterocycles. The molecule has 0 radical (unpaired) electrons. The molecule has 4 heterocycles. The average molecular weight is 1060 g/mol. The van der Waals surface area contributed by atoms with Gasteiger partial charge in [-0.15, -0.1) is 46.8 Å². The Bertz CT molecular complexity index is 3570. The van der Waals surface area contributed by atoms with E-state index in [1.807, 2.05) is 12.3 Å². The van der Waals surface area contributed by atoms with Crippen LogP contribution < -0.4 is 4.90 Å². The van der Waals surface area contributed by atoms with Crippen molar-refractivity contribution in [1.82, 2.24) is 14.1 Å². The molecule has 2 atom stereocenters. The standard InChI is InChI=1S/C61H61N5.Pt/c1-34(2)42-28-43(57-63-61(14)52-22-18-36(4)39(7)51(52)33-60(61,13)66(57)56-40(8)37(5)27-38(6)41(56)9)30-46(29-42)64-53-23-17-35(3)26-49(53)47-21-20-45(32-55(47)64)65-54-24-19-44(59(10,11)12)31-50(54)48-16-15-25-62-58(48)65;/h15-29,31,34H,33H2,1-14H3;/q-2;+2/t60-,61+;/m0./s1. The van der Waals surface area contributed by atoms with Gasteiger partial charge >= 0.3 is 21.1 Å². The normalized spacial score (nSPS) is 18.1. The second-order valence-electron chi connectivity index (χ2n) is 21.5. The van der Waals surface area contributed by atoms with Crippen LogP contribution in [0.25, 0.3) is 55.1 Å². The van der Waals surface area contributed by atoms with Crippen molar-refractivity contribution in [3.05, 3.63) is 176 Å².